The van der Waals surface area contributed by atoms with E-state index in [1.807, 2.05) is 49.9 Å². The minimum Gasteiger partial charge on any atom is -0.389 e. The number of benzene rings is 1. The standard InChI is InChI=1S/C19H29ClN2O3/c1-14(2)19(24)22-10-8-21(9-11-22)12-18(23)13-25-15(3)16-4-6-17(20)7-5-16/h4-7,14-15,18,23H,8-13H2,1-3H3/t15-,18+/m0/s1. The van der Waals surface area contributed by atoms with Gasteiger partial charge in [-0.3, -0.25) is 9.69 Å². The monoisotopic (exact) mass is 368 g/mol. The zero-order chi connectivity index (χ0) is 18.4. The molecule has 1 amide bonds. The molecular weight excluding hydrogens is 340 g/mol. The first kappa shape index (κ1) is 20.2. The van der Waals surface area contributed by atoms with E-state index in [9.17, 15) is 9.90 Å². The summed E-state index contributed by atoms with van der Waals surface area (Å²) in [6.07, 6.45) is -0.630. The lowest BCUT2D eigenvalue weighted by molar-refractivity contribution is -0.136. The molecule has 0 bridgehead atoms. The summed E-state index contributed by atoms with van der Waals surface area (Å²) in [7, 11) is 0. The maximum absolute atomic E-state index is 12.0. The predicted octanol–water partition coefficient (Wildman–Crippen LogP) is 2.58. The summed E-state index contributed by atoms with van der Waals surface area (Å²) in [5, 5.41) is 10.9. The van der Waals surface area contributed by atoms with Crippen LogP contribution in [0.3, 0.4) is 0 Å². The number of ether oxygens (including phenoxy) is 1. The van der Waals surface area contributed by atoms with Crippen LogP contribution in [0, 0.1) is 5.92 Å². The molecule has 1 N–H and O–H groups in total. The third-order valence-electron chi connectivity index (χ3n) is 4.52. The number of nitrogens with zero attached hydrogens (tertiary/aromatic N) is 2. The van der Waals surface area contributed by atoms with E-state index in [0.717, 1.165) is 31.7 Å². The van der Waals surface area contributed by atoms with Crippen LogP contribution in [-0.4, -0.2) is 66.2 Å². The highest BCUT2D eigenvalue weighted by atomic mass is 35.5. The molecule has 1 heterocycles. The van der Waals surface area contributed by atoms with Gasteiger partial charge in [-0.25, -0.2) is 0 Å². The number of hydrogen-bond acceptors (Lipinski definition) is 4. The lowest BCUT2D eigenvalue weighted by Gasteiger charge is -2.36. The van der Waals surface area contributed by atoms with Crippen LogP contribution < -0.4 is 0 Å². The van der Waals surface area contributed by atoms with Gasteiger partial charge in [-0.2, -0.15) is 0 Å². The second-order valence-corrected chi connectivity index (χ2v) is 7.40. The predicted molar refractivity (Wildman–Crippen MR) is 99.7 cm³/mol. The van der Waals surface area contributed by atoms with Crippen molar-refractivity contribution in [1.29, 1.82) is 0 Å². The highest BCUT2D eigenvalue weighted by Gasteiger charge is 2.24. The average Bonchev–Trinajstić information content (AvgIpc) is 2.60. The van der Waals surface area contributed by atoms with Crippen molar-refractivity contribution in [2.24, 2.45) is 5.92 Å². The second kappa shape index (κ2) is 9.53. The number of carbonyl (C=O) groups is 1. The fourth-order valence-electron chi connectivity index (χ4n) is 2.95. The molecule has 0 saturated carbocycles. The zero-order valence-corrected chi connectivity index (χ0v) is 16.1. The van der Waals surface area contributed by atoms with Crippen LogP contribution in [0.4, 0.5) is 0 Å². The van der Waals surface area contributed by atoms with Crippen molar-refractivity contribution >= 4 is 17.5 Å². The van der Waals surface area contributed by atoms with E-state index in [-0.39, 0.29) is 24.5 Å². The fraction of sp³-hybridized carbons (Fsp3) is 0.632. The van der Waals surface area contributed by atoms with Crippen LogP contribution in [-0.2, 0) is 9.53 Å². The normalized spacial score (nSPS) is 18.4. The molecule has 0 radical (unpaired) electrons. The molecule has 2 atom stereocenters. The van der Waals surface area contributed by atoms with Crippen molar-refractivity contribution in [2.45, 2.75) is 33.0 Å². The maximum atomic E-state index is 12.0. The summed E-state index contributed by atoms with van der Waals surface area (Å²) in [5.41, 5.74) is 1.04. The molecule has 1 aromatic rings. The molecule has 1 saturated heterocycles. The Kier molecular flexibility index (Phi) is 7.69. The minimum atomic E-state index is -0.540. The number of aliphatic hydroxyl groups is 1. The van der Waals surface area contributed by atoms with E-state index in [2.05, 4.69) is 4.90 Å². The number of amides is 1. The summed E-state index contributed by atoms with van der Waals surface area (Å²) in [6.45, 7) is 9.72. The Morgan fingerprint density at radius 2 is 1.76 bits per heavy atom. The Bertz CT molecular complexity index is 542. The maximum Gasteiger partial charge on any atom is 0.225 e. The third-order valence-corrected chi connectivity index (χ3v) is 4.78. The molecule has 5 nitrogen and oxygen atoms in total. The van der Waals surface area contributed by atoms with Gasteiger partial charge in [0.15, 0.2) is 0 Å². The number of rotatable bonds is 7. The van der Waals surface area contributed by atoms with E-state index >= 15 is 0 Å². The van der Waals surface area contributed by atoms with Crippen molar-refractivity contribution in [1.82, 2.24) is 9.80 Å². The lowest BCUT2D eigenvalue weighted by atomic mass is 10.1. The van der Waals surface area contributed by atoms with E-state index in [1.54, 1.807) is 0 Å². The van der Waals surface area contributed by atoms with Gasteiger partial charge in [-0.05, 0) is 24.6 Å². The Labute approximate surface area is 155 Å². The molecule has 1 aliphatic rings. The molecule has 140 valence electrons. The van der Waals surface area contributed by atoms with Gasteiger partial charge in [0.1, 0.15) is 0 Å². The van der Waals surface area contributed by atoms with Gasteiger partial charge in [0.25, 0.3) is 0 Å². The number of aliphatic hydroxyl groups excluding tert-OH is 1. The van der Waals surface area contributed by atoms with Gasteiger partial charge in [0, 0.05) is 43.7 Å². The molecule has 1 aliphatic heterocycles. The van der Waals surface area contributed by atoms with Crippen LogP contribution in [0.5, 0.6) is 0 Å². The van der Waals surface area contributed by atoms with E-state index < -0.39 is 6.10 Å². The fourth-order valence-corrected chi connectivity index (χ4v) is 3.08. The molecule has 25 heavy (non-hydrogen) atoms. The van der Waals surface area contributed by atoms with Crippen LogP contribution in [0.2, 0.25) is 5.02 Å². The first-order valence-electron chi connectivity index (χ1n) is 8.93. The molecular formula is C19H29ClN2O3. The minimum absolute atomic E-state index is 0.0416. The SMILES string of the molecule is CC(C)C(=O)N1CCN(C[C@@H](O)CO[C@@H](C)c2ccc(Cl)cc2)CC1. The Hall–Kier alpha value is -1.14. The largest absolute Gasteiger partial charge is 0.389 e. The van der Waals surface area contributed by atoms with Crippen molar-refractivity contribution < 1.29 is 14.6 Å². The third kappa shape index (κ3) is 6.26. The van der Waals surface area contributed by atoms with Crippen molar-refractivity contribution in [3.63, 3.8) is 0 Å². The molecule has 0 spiro atoms. The Balaban J connectivity index is 1.69. The van der Waals surface area contributed by atoms with Gasteiger partial charge >= 0.3 is 0 Å². The molecule has 1 fully saturated rings. The summed E-state index contributed by atoms with van der Waals surface area (Å²) < 4.78 is 5.78. The molecule has 2 rings (SSSR count). The van der Waals surface area contributed by atoms with Crippen LogP contribution in [0.1, 0.15) is 32.4 Å². The second-order valence-electron chi connectivity index (χ2n) is 6.96. The van der Waals surface area contributed by atoms with Gasteiger partial charge in [0.05, 0.1) is 18.8 Å². The zero-order valence-electron chi connectivity index (χ0n) is 15.3. The molecule has 6 heteroatoms. The molecule has 0 aliphatic carbocycles. The van der Waals surface area contributed by atoms with Crippen molar-refractivity contribution in [3.05, 3.63) is 34.9 Å². The first-order chi connectivity index (χ1) is 11.9. The Morgan fingerprint density at radius 3 is 2.32 bits per heavy atom. The van der Waals surface area contributed by atoms with Gasteiger partial charge in [-0.15, -0.1) is 0 Å². The van der Waals surface area contributed by atoms with Gasteiger partial charge in [-0.1, -0.05) is 37.6 Å². The highest BCUT2D eigenvalue weighted by Crippen LogP contribution is 2.19. The summed E-state index contributed by atoms with van der Waals surface area (Å²) in [5.74, 6) is 0.250. The van der Waals surface area contributed by atoms with Crippen LogP contribution in [0.25, 0.3) is 0 Å². The van der Waals surface area contributed by atoms with Crippen LogP contribution in [0.15, 0.2) is 24.3 Å². The smallest absolute Gasteiger partial charge is 0.225 e. The Morgan fingerprint density at radius 1 is 1.16 bits per heavy atom. The highest BCUT2D eigenvalue weighted by molar-refractivity contribution is 6.30. The van der Waals surface area contributed by atoms with E-state index in [0.29, 0.717) is 11.6 Å². The average molecular weight is 369 g/mol. The number of halogens is 1. The van der Waals surface area contributed by atoms with Crippen LogP contribution >= 0.6 is 11.6 Å². The van der Waals surface area contributed by atoms with E-state index in [1.165, 1.54) is 0 Å². The number of carbonyl (C=O) groups excluding carboxylic acids is 1. The summed E-state index contributed by atoms with van der Waals surface area (Å²) in [6, 6.07) is 7.55. The summed E-state index contributed by atoms with van der Waals surface area (Å²) >= 11 is 5.89. The topological polar surface area (TPSA) is 53.0 Å². The summed E-state index contributed by atoms with van der Waals surface area (Å²) in [4.78, 5) is 16.1. The molecule has 0 aromatic heterocycles. The van der Waals surface area contributed by atoms with E-state index in [4.69, 9.17) is 16.3 Å². The number of piperazine rings is 1. The lowest BCUT2D eigenvalue weighted by Crippen LogP contribution is -2.51. The van der Waals surface area contributed by atoms with Gasteiger partial charge < -0.3 is 14.7 Å². The van der Waals surface area contributed by atoms with Gasteiger partial charge in [0.2, 0.25) is 5.91 Å². The number of β-amino-alcohol motifs (C(OH)–C–C–N with tert-alkyl or cyclic N) is 1. The quantitative estimate of drug-likeness (QED) is 0.803. The van der Waals surface area contributed by atoms with Crippen molar-refractivity contribution in [2.75, 3.05) is 39.3 Å². The number of hydrogen-bond donors (Lipinski definition) is 1. The molecule has 0 unspecified atom stereocenters. The molecule has 1 aromatic carbocycles. The van der Waals surface area contributed by atoms with Crippen molar-refractivity contribution in [3.8, 4) is 0 Å². The first-order valence-corrected chi connectivity index (χ1v) is 9.31.